The van der Waals surface area contributed by atoms with E-state index in [0.29, 0.717) is 61.5 Å². The van der Waals surface area contributed by atoms with Crippen LogP contribution in [0, 0.1) is 22.7 Å². The first kappa shape index (κ1) is 26.1. The number of rotatable bonds is 11. The Labute approximate surface area is 218 Å². The predicted molar refractivity (Wildman–Crippen MR) is 130 cm³/mol. The van der Waals surface area contributed by atoms with Gasteiger partial charge in [-0.2, -0.15) is 23.5 Å². The smallest absolute Gasteiger partial charge is 0.422 e. The van der Waals surface area contributed by atoms with Gasteiger partial charge in [-0.05, 0) is 55.7 Å². The van der Waals surface area contributed by atoms with Gasteiger partial charge in [0.2, 0.25) is 5.91 Å². The van der Waals surface area contributed by atoms with Gasteiger partial charge in [0.15, 0.2) is 6.61 Å². The van der Waals surface area contributed by atoms with Gasteiger partial charge in [0, 0.05) is 19.0 Å². The van der Waals surface area contributed by atoms with Crippen LogP contribution in [0.4, 0.5) is 13.2 Å². The maximum atomic E-state index is 13.2. The van der Waals surface area contributed by atoms with Crippen LogP contribution in [0.3, 0.4) is 0 Å². The molecule has 2 aromatic rings. The molecule has 1 atom stereocenters. The van der Waals surface area contributed by atoms with Crippen molar-refractivity contribution in [3.63, 3.8) is 0 Å². The topological polar surface area (TPSA) is 109 Å². The summed E-state index contributed by atoms with van der Waals surface area (Å²) in [6.45, 7) is -0.547. The Kier molecular flexibility index (Phi) is 7.07. The minimum Gasteiger partial charge on any atom is -0.484 e. The number of fused-ring (bicyclic) bond motifs is 1. The Hall–Kier alpha value is -3.55. The van der Waals surface area contributed by atoms with Gasteiger partial charge in [-0.25, -0.2) is 0 Å². The van der Waals surface area contributed by atoms with Crippen molar-refractivity contribution in [1.29, 1.82) is 5.26 Å². The Morgan fingerprint density at radius 1 is 1.29 bits per heavy atom. The van der Waals surface area contributed by atoms with Gasteiger partial charge in [0.25, 0.3) is 5.91 Å². The molecule has 8 nitrogen and oxygen atoms in total. The lowest BCUT2D eigenvalue weighted by molar-refractivity contribution is -0.153. The van der Waals surface area contributed by atoms with Gasteiger partial charge in [0.1, 0.15) is 11.2 Å². The van der Waals surface area contributed by atoms with Gasteiger partial charge < -0.3 is 15.4 Å². The fourth-order valence-corrected chi connectivity index (χ4v) is 4.89. The summed E-state index contributed by atoms with van der Waals surface area (Å²) < 4.78 is 44.1. The SMILES string of the molecule is N#CC1(C(=O)NCc2c3c(nn2CCC2CC2)C[C@H](CCc2cccc(OCC(F)(F)F)c2)NC3=O)CC1. The molecule has 2 heterocycles. The van der Waals surface area contributed by atoms with Crippen molar-refractivity contribution < 1.29 is 27.5 Å². The number of carbonyl (C=O) groups is 2. The quantitative estimate of drug-likeness (QED) is 0.460. The molecule has 2 saturated carbocycles. The first-order chi connectivity index (χ1) is 18.2. The van der Waals surface area contributed by atoms with E-state index in [1.807, 2.05) is 10.7 Å². The van der Waals surface area contributed by atoms with Crippen molar-refractivity contribution in [1.82, 2.24) is 20.4 Å². The molecule has 1 aliphatic heterocycles. The molecule has 0 spiro atoms. The summed E-state index contributed by atoms with van der Waals surface area (Å²) in [7, 11) is 0. The van der Waals surface area contributed by atoms with Crippen molar-refractivity contribution in [3.8, 4) is 11.8 Å². The summed E-state index contributed by atoms with van der Waals surface area (Å²) in [4.78, 5) is 25.7. The highest BCUT2D eigenvalue weighted by molar-refractivity contribution is 5.98. The molecule has 2 aliphatic carbocycles. The number of amides is 2. The first-order valence-corrected chi connectivity index (χ1v) is 13.0. The van der Waals surface area contributed by atoms with Gasteiger partial charge in [0.05, 0.1) is 29.6 Å². The summed E-state index contributed by atoms with van der Waals surface area (Å²) in [5.41, 5.74) is 1.70. The van der Waals surface area contributed by atoms with Gasteiger partial charge in [-0.15, -0.1) is 0 Å². The van der Waals surface area contributed by atoms with Crippen molar-refractivity contribution in [2.45, 2.75) is 76.7 Å². The van der Waals surface area contributed by atoms with E-state index in [-0.39, 0.29) is 30.2 Å². The molecule has 2 fully saturated rings. The van der Waals surface area contributed by atoms with E-state index < -0.39 is 18.2 Å². The second kappa shape index (κ2) is 10.3. The third kappa shape index (κ3) is 6.11. The number of hydrogen-bond donors (Lipinski definition) is 2. The molecular formula is C27H30F3N5O3. The summed E-state index contributed by atoms with van der Waals surface area (Å²) in [6.07, 6.45) is 1.70. The largest absolute Gasteiger partial charge is 0.484 e. The average molecular weight is 530 g/mol. The Balaban J connectivity index is 1.25. The average Bonchev–Trinajstić information content (AvgIpc) is 3.81. The van der Waals surface area contributed by atoms with E-state index in [1.54, 1.807) is 12.1 Å². The highest BCUT2D eigenvalue weighted by Crippen LogP contribution is 2.45. The molecule has 0 saturated heterocycles. The maximum Gasteiger partial charge on any atom is 0.422 e. The fourth-order valence-electron chi connectivity index (χ4n) is 4.89. The summed E-state index contributed by atoms with van der Waals surface area (Å²) in [5, 5.41) is 20.0. The van der Waals surface area contributed by atoms with Crippen molar-refractivity contribution in [3.05, 3.63) is 46.8 Å². The summed E-state index contributed by atoms with van der Waals surface area (Å²) >= 11 is 0. The third-order valence-electron chi connectivity index (χ3n) is 7.48. The monoisotopic (exact) mass is 529 g/mol. The van der Waals surface area contributed by atoms with Crippen molar-refractivity contribution in [2.75, 3.05) is 6.61 Å². The van der Waals surface area contributed by atoms with E-state index in [1.165, 1.54) is 18.9 Å². The van der Waals surface area contributed by atoms with Crippen LogP contribution in [0.15, 0.2) is 24.3 Å². The zero-order valence-electron chi connectivity index (χ0n) is 20.9. The number of carbonyl (C=O) groups excluding carboxylic acids is 2. The minimum atomic E-state index is -4.40. The van der Waals surface area contributed by atoms with E-state index in [9.17, 15) is 28.0 Å². The summed E-state index contributed by atoms with van der Waals surface area (Å²) in [6, 6.07) is 8.45. The molecule has 0 radical (unpaired) electrons. The number of halogens is 3. The molecule has 38 heavy (non-hydrogen) atoms. The molecule has 1 aromatic carbocycles. The molecule has 2 N–H and O–H groups in total. The van der Waals surface area contributed by atoms with Gasteiger partial charge in [-0.3, -0.25) is 14.3 Å². The number of aromatic nitrogens is 2. The summed E-state index contributed by atoms with van der Waals surface area (Å²) in [5.74, 6) is 0.269. The number of nitrogens with zero attached hydrogens (tertiary/aromatic N) is 3. The van der Waals surface area contributed by atoms with E-state index in [4.69, 9.17) is 9.84 Å². The normalized spacial score (nSPS) is 19.7. The second-order valence-electron chi connectivity index (χ2n) is 10.6. The molecule has 202 valence electrons. The molecule has 11 heteroatoms. The van der Waals surface area contributed by atoms with E-state index >= 15 is 0 Å². The lowest BCUT2D eigenvalue weighted by atomic mass is 9.95. The van der Waals surface area contributed by atoms with Gasteiger partial charge in [-0.1, -0.05) is 25.0 Å². The standard InChI is InChI=1S/C27H30F3N5O3/c28-27(29,30)16-38-20-3-1-2-18(12-20)6-7-19-13-21-23(24(36)33-19)22(35(34-21)11-8-17-4-5-17)14-32-25(37)26(15-31)9-10-26/h1-3,12,17,19H,4-11,13-14,16H2,(H,32,37)(H,33,36)/t19-/m0/s1. The van der Waals surface area contributed by atoms with Crippen LogP contribution in [0.1, 0.15) is 65.8 Å². The highest BCUT2D eigenvalue weighted by Gasteiger charge is 2.50. The zero-order valence-corrected chi connectivity index (χ0v) is 20.9. The van der Waals surface area contributed by atoms with E-state index in [0.717, 1.165) is 12.0 Å². The molecule has 0 bridgehead atoms. The number of ether oxygens (including phenoxy) is 1. The number of aryl methyl sites for hydroxylation is 2. The lowest BCUT2D eigenvalue weighted by Crippen LogP contribution is -2.42. The number of alkyl halides is 3. The molecule has 2 amide bonds. The third-order valence-corrected chi connectivity index (χ3v) is 7.48. The maximum absolute atomic E-state index is 13.2. The van der Waals surface area contributed by atoms with Gasteiger partial charge >= 0.3 is 6.18 Å². The van der Waals surface area contributed by atoms with Crippen LogP contribution in [0.2, 0.25) is 0 Å². The van der Waals surface area contributed by atoms with Crippen LogP contribution in [0.5, 0.6) is 5.75 Å². The fraction of sp³-hybridized carbons (Fsp3) is 0.556. The first-order valence-electron chi connectivity index (χ1n) is 13.0. The molecule has 1 aromatic heterocycles. The zero-order chi connectivity index (χ0) is 26.9. The molecular weight excluding hydrogens is 499 g/mol. The van der Waals surface area contributed by atoms with Crippen LogP contribution < -0.4 is 15.4 Å². The number of nitriles is 1. The lowest BCUT2D eigenvalue weighted by Gasteiger charge is -2.23. The van der Waals surface area contributed by atoms with Crippen LogP contribution >= 0.6 is 0 Å². The van der Waals surface area contributed by atoms with Crippen molar-refractivity contribution in [2.24, 2.45) is 11.3 Å². The molecule has 5 rings (SSSR count). The number of hydrogen-bond acceptors (Lipinski definition) is 5. The van der Waals surface area contributed by atoms with E-state index in [2.05, 4.69) is 16.7 Å². The molecule has 0 unspecified atom stereocenters. The number of benzene rings is 1. The van der Waals surface area contributed by atoms with Crippen LogP contribution in [-0.2, 0) is 30.7 Å². The minimum absolute atomic E-state index is 0.137. The van der Waals surface area contributed by atoms with Crippen LogP contribution in [-0.4, -0.2) is 40.4 Å². The van der Waals surface area contributed by atoms with Crippen LogP contribution in [0.25, 0.3) is 0 Å². The predicted octanol–water partition coefficient (Wildman–Crippen LogP) is 3.83. The highest BCUT2D eigenvalue weighted by atomic mass is 19.4. The Morgan fingerprint density at radius 2 is 2.08 bits per heavy atom. The Morgan fingerprint density at radius 3 is 2.76 bits per heavy atom. The molecule has 3 aliphatic rings. The Bertz CT molecular complexity index is 1260. The van der Waals surface area contributed by atoms with Crippen molar-refractivity contribution >= 4 is 11.8 Å². The second-order valence-corrected chi connectivity index (χ2v) is 10.6. The number of nitrogens with one attached hydrogen (secondary N) is 2.